The van der Waals surface area contributed by atoms with Crippen LogP contribution >= 0.6 is 0 Å². The Balaban J connectivity index is 1.89. The van der Waals surface area contributed by atoms with Crippen molar-refractivity contribution < 1.29 is 5.11 Å². The number of aliphatic hydroxyl groups excluding tert-OH is 1. The summed E-state index contributed by atoms with van der Waals surface area (Å²) in [6.07, 6.45) is 9.96. The fourth-order valence-corrected chi connectivity index (χ4v) is 2.71. The molecule has 0 saturated carbocycles. The maximum absolute atomic E-state index is 10.3. The van der Waals surface area contributed by atoms with Gasteiger partial charge in [0.2, 0.25) is 0 Å². The predicted octanol–water partition coefficient (Wildman–Crippen LogP) is 4.18. The molecule has 0 radical (unpaired) electrons. The Morgan fingerprint density at radius 1 is 1.17 bits per heavy atom. The second-order valence-corrected chi connectivity index (χ2v) is 5.36. The highest BCUT2D eigenvalue weighted by atomic mass is 16.3. The van der Waals surface area contributed by atoms with Crippen molar-refractivity contribution in [2.75, 3.05) is 0 Å². The number of benzene rings is 1. The van der Waals surface area contributed by atoms with Crippen LogP contribution in [0.2, 0.25) is 0 Å². The van der Waals surface area contributed by atoms with Crippen molar-refractivity contribution in [1.82, 2.24) is 0 Å². The van der Waals surface area contributed by atoms with E-state index in [1.54, 1.807) is 0 Å². The number of aryl methyl sites for hydroxylation is 2. The normalized spacial score (nSPS) is 18.0. The van der Waals surface area contributed by atoms with Gasteiger partial charge in [-0.15, -0.1) is 0 Å². The van der Waals surface area contributed by atoms with Gasteiger partial charge in [0.05, 0.1) is 6.10 Å². The molecule has 0 aliphatic heterocycles. The first-order valence-corrected chi connectivity index (χ1v) is 7.19. The molecular formula is C17H24O. The van der Waals surface area contributed by atoms with E-state index in [2.05, 4.69) is 37.3 Å². The molecule has 1 N–H and O–H groups in total. The van der Waals surface area contributed by atoms with Crippen molar-refractivity contribution in [2.24, 2.45) is 0 Å². The number of allylic oxidation sites excluding steroid dienone is 1. The monoisotopic (exact) mass is 244 g/mol. The van der Waals surface area contributed by atoms with Crippen LogP contribution in [0.3, 0.4) is 0 Å². The van der Waals surface area contributed by atoms with Crippen molar-refractivity contribution in [1.29, 1.82) is 0 Å². The van der Waals surface area contributed by atoms with Crippen LogP contribution in [0.15, 0.2) is 35.9 Å². The van der Waals surface area contributed by atoms with E-state index in [1.807, 2.05) is 0 Å². The molecule has 1 heteroatoms. The van der Waals surface area contributed by atoms with Gasteiger partial charge < -0.3 is 5.11 Å². The van der Waals surface area contributed by atoms with E-state index in [0.29, 0.717) is 0 Å². The van der Waals surface area contributed by atoms with Gasteiger partial charge in [-0.2, -0.15) is 0 Å². The maximum Gasteiger partial charge on any atom is 0.0753 e. The van der Waals surface area contributed by atoms with Gasteiger partial charge in [0.25, 0.3) is 0 Å². The summed E-state index contributed by atoms with van der Waals surface area (Å²) in [7, 11) is 0. The molecule has 0 saturated heterocycles. The van der Waals surface area contributed by atoms with E-state index in [1.165, 1.54) is 36.0 Å². The lowest BCUT2D eigenvalue weighted by molar-refractivity contribution is 0.196. The Morgan fingerprint density at radius 3 is 2.83 bits per heavy atom. The highest BCUT2D eigenvalue weighted by molar-refractivity contribution is 5.26. The third kappa shape index (κ3) is 3.71. The molecule has 18 heavy (non-hydrogen) atoms. The molecule has 1 aromatic rings. The Kier molecular flexibility index (Phi) is 5.00. The molecule has 1 atom stereocenters. The highest BCUT2D eigenvalue weighted by Gasteiger charge is 2.12. The molecule has 1 aliphatic rings. The van der Waals surface area contributed by atoms with Gasteiger partial charge >= 0.3 is 0 Å². The van der Waals surface area contributed by atoms with Gasteiger partial charge in [-0.25, -0.2) is 0 Å². The van der Waals surface area contributed by atoms with Crippen LogP contribution in [0.5, 0.6) is 0 Å². The molecule has 0 fully saturated rings. The number of rotatable bonds is 4. The standard InChI is InChI=1S/C17H24O/c1-14-8-6-7-9-15(14)12-13-17(18)16-10-4-2-3-5-11-16/h6-10,17-18H,2-5,11-13H2,1H3. The van der Waals surface area contributed by atoms with E-state index >= 15 is 0 Å². The summed E-state index contributed by atoms with van der Waals surface area (Å²) in [5, 5.41) is 10.3. The first kappa shape index (κ1) is 13.4. The molecular weight excluding hydrogens is 220 g/mol. The first-order chi connectivity index (χ1) is 8.77. The third-order valence-corrected chi connectivity index (χ3v) is 3.95. The molecule has 1 nitrogen and oxygen atoms in total. The van der Waals surface area contributed by atoms with Crippen LogP contribution in [0, 0.1) is 6.92 Å². The fraction of sp³-hybridized carbons (Fsp3) is 0.529. The molecule has 1 aliphatic carbocycles. The minimum atomic E-state index is -0.234. The number of aliphatic hydroxyl groups is 1. The van der Waals surface area contributed by atoms with Crippen LogP contribution in [0.1, 0.15) is 49.7 Å². The molecule has 0 bridgehead atoms. The smallest absolute Gasteiger partial charge is 0.0753 e. The topological polar surface area (TPSA) is 20.2 Å². The van der Waals surface area contributed by atoms with Gasteiger partial charge in [-0.1, -0.05) is 36.8 Å². The average Bonchev–Trinajstić information content (AvgIpc) is 2.66. The Hall–Kier alpha value is -1.08. The maximum atomic E-state index is 10.3. The van der Waals surface area contributed by atoms with Crippen LogP contribution in [-0.2, 0) is 6.42 Å². The zero-order valence-corrected chi connectivity index (χ0v) is 11.4. The van der Waals surface area contributed by atoms with E-state index in [4.69, 9.17) is 0 Å². The Morgan fingerprint density at radius 2 is 2.00 bits per heavy atom. The molecule has 1 aromatic carbocycles. The summed E-state index contributed by atoms with van der Waals surface area (Å²) in [6.45, 7) is 2.15. The average molecular weight is 244 g/mol. The van der Waals surface area contributed by atoms with Crippen LogP contribution in [0.25, 0.3) is 0 Å². The van der Waals surface area contributed by atoms with Crippen molar-refractivity contribution in [3.8, 4) is 0 Å². The summed E-state index contributed by atoms with van der Waals surface area (Å²) in [6, 6.07) is 8.47. The lowest BCUT2D eigenvalue weighted by Gasteiger charge is -2.15. The molecule has 1 unspecified atom stereocenters. The third-order valence-electron chi connectivity index (χ3n) is 3.95. The number of hydrogen-bond donors (Lipinski definition) is 1. The van der Waals surface area contributed by atoms with E-state index in [0.717, 1.165) is 25.7 Å². The lowest BCUT2D eigenvalue weighted by atomic mass is 9.96. The fourth-order valence-electron chi connectivity index (χ4n) is 2.71. The van der Waals surface area contributed by atoms with Crippen molar-refractivity contribution in [3.63, 3.8) is 0 Å². The molecule has 0 heterocycles. The summed E-state index contributed by atoms with van der Waals surface area (Å²) >= 11 is 0. The summed E-state index contributed by atoms with van der Waals surface area (Å²) in [4.78, 5) is 0. The van der Waals surface area contributed by atoms with Crippen LogP contribution < -0.4 is 0 Å². The minimum absolute atomic E-state index is 0.234. The van der Waals surface area contributed by atoms with Crippen LogP contribution in [-0.4, -0.2) is 11.2 Å². The zero-order chi connectivity index (χ0) is 12.8. The van der Waals surface area contributed by atoms with Crippen LogP contribution in [0.4, 0.5) is 0 Å². The minimum Gasteiger partial charge on any atom is -0.389 e. The summed E-state index contributed by atoms with van der Waals surface area (Å²) in [5.74, 6) is 0. The first-order valence-electron chi connectivity index (χ1n) is 7.19. The summed E-state index contributed by atoms with van der Waals surface area (Å²) < 4.78 is 0. The van der Waals surface area contributed by atoms with E-state index < -0.39 is 0 Å². The molecule has 98 valence electrons. The van der Waals surface area contributed by atoms with Crippen molar-refractivity contribution in [2.45, 2.75) is 58.0 Å². The Labute approximate surface area is 111 Å². The lowest BCUT2D eigenvalue weighted by Crippen LogP contribution is -2.11. The van der Waals surface area contributed by atoms with E-state index in [-0.39, 0.29) is 6.10 Å². The van der Waals surface area contributed by atoms with Gasteiger partial charge in [0.1, 0.15) is 0 Å². The molecule has 0 amide bonds. The second kappa shape index (κ2) is 6.75. The van der Waals surface area contributed by atoms with Crippen molar-refractivity contribution in [3.05, 3.63) is 47.0 Å². The van der Waals surface area contributed by atoms with Gasteiger partial charge in [-0.05, 0) is 62.1 Å². The molecule has 2 rings (SSSR count). The molecule has 0 spiro atoms. The zero-order valence-electron chi connectivity index (χ0n) is 11.4. The number of hydrogen-bond acceptors (Lipinski definition) is 1. The predicted molar refractivity (Wildman–Crippen MR) is 76.7 cm³/mol. The van der Waals surface area contributed by atoms with Crippen molar-refractivity contribution >= 4 is 0 Å². The van der Waals surface area contributed by atoms with Gasteiger partial charge in [-0.3, -0.25) is 0 Å². The Bertz CT molecular complexity index is 406. The summed E-state index contributed by atoms with van der Waals surface area (Å²) in [5.41, 5.74) is 3.98. The van der Waals surface area contributed by atoms with E-state index in [9.17, 15) is 5.11 Å². The largest absolute Gasteiger partial charge is 0.389 e. The van der Waals surface area contributed by atoms with Gasteiger partial charge in [0.15, 0.2) is 0 Å². The molecule has 0 aromatic heterocycles. The SMILES string of the molecule is Cc1ccccc1CCC(O)C1=CCCCCC1. The second-order valence-electron chi connectivity index (χ2n) is 5.36. The highest BCUT2D eigenvalue weighted by Crippen LogP contribution is 2.22. The van der Waals surface area contributed by atoms with Gasteiger partial charge in [0, 0.05) is 0 Å². The quantitative estimate of drug-likeness (QED) is 0.788.